The third-order valence-electron chi connectivity index (χ3n) is 4.66. The molecule has 2 heterocycles. The Bertz CT molecular complexity index is 739. The summed E-state index contributed by atoms with van der Waals surface area (Å²) in [5.74, 6) is 0.699. The Morgan fingerprint density at radius 3 is 2.33 bits per heavy atom. The highest BCUT2D eigenvalue weighted by Crippen LogP contribution is 2.30. The molecule has 0 fully saturated rings. The molecule has 2 aromatic heterocycles. The molecule has 2 nitrogen and oxygen atoms in total. The number of rotatable bonds is 5. The molecular formula is C20H26Cl2N2. The molecule has 1 unspecified atom stereocenters. The van der Waals surface area contributed by atoms with Gasteiger partial charge in [-0.15, -0.1) is 0 Å². The summed E-state index contributed by atoms with van der Waals surface area (Å²) in [6.07, 6.45) is 3.72. The molecule has 2 aromatic rings. The second-order valence-corrected chi connectivity index (χ2v) is 7.75. The average molecular weight is 365 g/mol. The minimum absolute atomic E-state index is 0.325. The first-order chi connectivity index (χ1) is 11.2. The van der Waals surface area contributed by atoms with Gasteiger partial charge in [-0.25, -0.2) is 0 Å². The lowest BCUT2D eigenvalue weighted by Gasteiger charge is -2.17. The minimum Gasteiger partial charge on any atom is -0.260 e. The molecule has 0 saturated heterocycles. The van der Waals surface area contributed by atoms with E-state index < -0.39 is 0 Å². The van der Waals surface area contributed by atoms with Crippen LogP contribution in [0.3, 0.4) is 0 Å². The van der Waals surface area contributed by atoms with Gasteiger partial charge in [-0.2, -0.15) is 0 Å². The van der Waals surface area contributed by atoms with Crippen LogP contribution in [-0.2, 0) is 6.42 Å². The number of aryl methyl sites for hydroxylation is 2. The lowest BCUT2D eigenvalue weighted by Crippen LogP contribution is -2.06. The van der Waals surface area contributed by atoms with Crippen LogP contribution in [0.25, 0.3) is 0 Å². The van der Waals surface area contributed by atoms with Crippen LogP contribution in [0, 0.1) is 20.8 Å². The van der Waals surface area contributed by atoms with Crippen LogP contribution in [0.2, 0.25) is 10.0 Å². The summed E-state index contributed by atoms with van der Waals surface area (Å²) in [5, 5.41) is 1.63. The number of nitrogens with zero attached hydrogens (tertiary/aromatic N) is 2. The van der Waals surface area contributed by atoms with E-state index in [4.69, 9.17) is 28.2 Å². The van der Waals surface area contributed by atoms with E-state index in [9.17, 15) is 0 Å². The van der Waals surface area contributed by atoms with Crippen molar-refractivity contribution in [3.05, 3.63) is 56.1 Å². The van der Waals surface area contributed by atoms with Gasteiger partial charge in [0, 0.05) is 33.3 Å². The molecule has 2 rings (SSSR count). The Morgan fingerprint density at radius 2 is 1.71 bits per heavy atom. The minimum atomic E-state index is 0.325. The zero-order valence-corrected chi connectivity index (χ0v) is 16.9. The van der Waals surface area contributed by atoms with Gasteiger partial charge >= 0.3 is 0 Å². The van der Waals surface area contributed by atoms with Crippen LogP contribution >= 0.6 is 23.2 Å². The van der Waals surface area contributed by atoms with Gasteiger partial charge in [-0.05, 0) is 68.2 Å². The van der Waals surface area contributed by atoms with Crippen LogP contribution in [0.1, 0.15) is 72.8 Å². The number of pyridine rings is 2. The van der Waals surface area contributed by atoms with Crippen molar-refractivity contribution >= 4 is 23.2 Å². The molecule has 0 bridgehead atoms. The van der Waals surface area contributed by atoms with E-state index in [1.54, 1.807) is 0 Å². The zero-order chi connectivity index (χ0) is 18.0. The summed E-state index contributed by atoms with van der Waals surface area (Å²) in [7, 11) is 0. The summed E-state index contributed by atoms with van der Waals surface area (Å²) in [6, 6.07) is 1.99. The largest absolute Gasteiger partial charge is 0.260 e. The molecule has 4 heteroatoms. The Labute approximate surface area is 155 Å². The molecule has 0 aliphatic carbocycles. The number of aromatic nitrogens is 2. The molecule has 130 valence electrons. The van der Waals surface area contributed by atoms with Crippen molar-refractivity contribution in [3.63, 3.8) is 0 Å². The van der Waals surface area contributed by atoms with Gasteiger partial charge in [0.05, 0.1) is 0 Å². The first-order valence-electron chi connectivity index (χ1n) is 8.49. The van der Waals surface area contributed by atoms with Gasteiger partial charge < -0.3 is 0 Å². The maximum atomic E-state index is 6.39. The van der Waals surface area contributed by atoms with Crippen molar-refractivity contribution < 1.29 is 0 Å². The summed E-state index contributed by atoms with van der Waals surface area (Å²) in [6.45, 7) is 12.6. The number of hydrogen-bond donors (Lipinski definition) is 0. The van der Waals surface area contributed by atoms with E-state index in [2.05, 4.69) is 25.8 Å². The van der Waals surface area contributed by atoms with E-state index in [0.29, 0.717) is 11.8 Å². The Kier molecular flexibility index (Phi) is 6.28. The first-order valence-corrected chi connectivity index (χ1v) is 9.25. The second kappa shape index (κ2) is 7.84. The van der Waals surface area contributed by atoms with Crippen molar-refractivity contribution in [1.29, 1.82) is 0 Å². The van der Waals surface area contributed by atoms with E-state index in [0.717, 1.165) is 56.7 Å². The molecule has 0 N–H and O–H groups in total. The third kappa shape index (κ3) is 4.10. The predicted octanol–water partition coefficient (Wildman–Crippen LogP) is 6.57. The molecule has 0 amide bonds. The molecule has 0 radical (unpaired) electrons. The molecule has 1 atom stereocenters. The maximum absolute atomic E-state index is 6.39. The molecular weight excluding hydrogens is 339 g/mol. The van der Waals surface area contributed by atoms with Crippen LogP contribution in [0.15, 0.2) is 12.3 Å². The first kappa shape index (κ1) is 19.2. The molecule has 0 aromatic carbocycles. The molecule has 0 aliphatic heterocycles. The van der Waals surface area contributed by atoms with Crippen LogP contribution in [-0.4, -0.2) is 9.97 Å². The highest BCUT2D eigenvalue weighted by Gasteiger charge is 2.16. The molecule has 0 spiro atoms. The van der Waals surface area contributed by atoms with Gasteiger partial charge in [0.1, 0.15) is 0 Å². The number of hydrogen-bond acceptors (Lipinski definition) is 2. The lowest BCUT2D eigenvalue weighted by molar-refractivity contribution is 0.642. The smallest absolute Gasteiger partial charge is 0.0497 e. The average Bonchev–Trinajstić information content (AvgIpc) is 2.53. The van der Waals surface area contributed by atoms with E-state index in [1.165, 1.54) is 0 Å². The van der Waals surface area contributed by atoms with Crippen LogP contribution in [0.4, 0.5) is 0 Å². The van der Waals surface area contributed by atoms with E-state index in [-0.39, 0.29) is 0 Å². The van der Waals surface area contributed by atoms with Crippen LogP contribution in [0.5, 0.6) is 0 Å². The fourth-order valence-corrected chi connectivity index (χ4v) is 3.27. The van der Waals surface area contributed by atoms with Crippen molar-refractivity contribution in [2.45, 2.75) is 66.2 Å². The molecule has 0 aliphatic rings. The zero-order valence-electron chi connectivity index (χ0n) is 15.4. The van der Waals surface area contributed by atoms with Crippen molar-refractivity contribution in [1.82, 2.24) is 9.97 Å². The second-order valence-electron chi connectivity index (χ2n) is 6.96. The predicted molar refractivity (Wildman–Crippen MR) is 104 cm³/mol. The fourth-order valence-electron chi connectivity index (χ4n) is 2.90. The monoisotopic (exact) mass is 364 g/mol. The third-order valence-corrected chi connectivity index (χ3v) is 5.63. The van der Waals surface area contributed by atoms with E-state index >= 15 is 0 Å². The quantitative estimate of drug-likeness (QED) is 0.599. The highest BCUT2D eigenvalue weighted by molar-refractivity contribution is 6.32. The molecule has 0 saturated carbocycles. The topological polar surface area (TPSA) is 25.8 Å². The maximum Gasteiger partial charge on any atom is 0.0497 e. The SMILES string of the molecule is Cc1cnc(C(C)CCc2nc(C(C)C)cc(Cl)c2C)c(C)c1Cl. The highest BCUT2D eigenvalue weighted by atomic mass is 35.5. The van der Waals surface area contributed by atoms with Crippen molar-refractivity contribution in [2.75, 3.05) is 0 Å². The van der Waals surface area contributed by atoms with E-state index in [1.807, 2.05) is 33.0 Å². The summed E-state index contributed by atoms with van der Waals surface area (Å²) in [4.78, 5) is 9.43. The van der Waals surface area contributed by atoms with Gasteiger partial charge in [0.2, 0.25) is 0 Å². The fraction of sp³-hybridized carbons (Fsp3) is 0.500. The van der Waals surface area contributed by atoms with Crippen molar-refractivity contribution in [3.8, 4) is 0 Å². The van der Waals surface area contributed by atoms with Gasteiger partial charge in [-0.3, -0.25) is 9.97 Å². The normalized spacial score (nSPS) is 12.7. The summed E-state index contributed by atoms with van der Waals surface area (Å²) >= 11 is 12.8. The van der Waals surface area contributed by atoms with Gasteiger partial charge in [0.25, 0.3) is 0 Å². The van der Waals surface area contributed by atoms with Gasteiger partial charge in [0.15, 0.2) is 0 Å². The molecule has 24 heavy (non-hydrogen) atoms. The Hall–Kier alpha value is -1.12. The summed E-state index contributed by atoms with van der Waals surface area (Å²) < 4.78 is 0. The number of halogens is 2. The Balaban J connectivity index is 2.21. The van der Waals surface area contributed by atoms with Crippen LogP contribution < -0.4 is 0 Å². The summed E-state index contributed by atoms with van der Waals surface area (Å²) in [5.41, 5.74) is 6.42. The van der Waals surface area contributed by atoms with Gasteiger partial charge in [-0.1, -0.05) is 44.0 Å². The standard InChI is InChI=1S/C20H26Cl2N2/c1-11(2)18-9-16(21)14(5)17(24-18)8-7-12(3)20-15(6)19(22)13(4)10-23-20/h9-12H,7-8H2,1-6H3. The van der Waals surface area contributed by atoms with Crippen molar-refractivity contribution in [2.24, 2.45) is 0 Å². The lowest BCUT2D eigenvalue weighted by atomic mass is 9.94. The Morgan fingerprint density at radius 1 is 1.04 bits per heavy atom.